The molecule has 2 aromatic heterocycles. The fraction of sp³-hybridized carbons (Fsp3) is 0.350. The van der Waals surface area contributed by atoms with Gasteiger partial charge in [-0.15, -0.1) is 5.10 Å². The lowest BCUT2D eigenvalue weighted by atomic mass is 10.1. The summed E-state index contributed by atoms with van der Waals surface area (Å²) in [5.74, 6) is 2.09. The zero-order valence-electron chi connectivity index (χ0n) is 16.1. The van der Waals surface area contributed by atoms with Crippen molar-refractivity contribution >= 4 is 5.91 Å². The Morgan fingerprint density at radius 1 is 1.18 bits per heavy atom. The summed E-state index contributed by atoms with van der Waals surface area (Å²) in [4.78, 5) is 15.0. The molecule has 3 heterocycles. The van der Waals surface area contributed by atoms with Gasteiger partial charge in [0.25, 0.3) is 5.91 Å². The van der Waals surface area contributed by atoms with E-state index in [-0.39, 0.29) is 11.9 Å². The Morgan fingerprint density at radius 2 is 1.96 bits per heavy atom. The van der Waals surface area contributed by atoms with E-state index in [0.29, 0.717) is 36.9 Å². The van der Waals surface area contributed by atoms with Crippen LogP contribution in [0, 0.1) is 13.8 Å². The summed E-state index contributed by atoms with van der Waals surface area (Å²) in [5.41, 5.74) is 1.81. The molecule has 1 saturated heterocycles. The number of methoxy groups -OCH3 is 1. The summed E-state index contributed by atoms with van der Waals surface area (Å²) >= 11 is 0. The van der Waals surface area contributed by atoms with E-state index in [4.69, 9.17) is 13.9 Å². The fourth-order valence-corrected chi connectivity index (χ4v) is 3.35. The van der Waals surface area contributed by atoms with Gasteiger partial charge in [-0.1, -0.05) is 5.21 Å². The van der Waals surface area contributed by atoms with Gasteiger partial charge in [-0.25, -0.2) is 4.68 Å². The minimum atomic E-state index is -0.277. The van der Waals surface area contributed by atoms with Crippen molar-refractivity contribution in [1.82, 2.24) is 19.9 Å². The maximum absolute atomic E-state index is 13.2. The molecule has 28 heavy (non-hydrogen) atoms. The maximum atomic E-state index is 13.2. The normalized spacial score (nSPS) is 17.0. The minimum absolute atomic E-state index is 0.181. The molecule has 0 spiro atoms. The minimum Gasteiger partial charge on any atom is -0.497 e. The quantitative estimate of drug-likeness (QED) is 0.690. The van der Waals surface area contributed by atoms with Crippen LogP contribution in [0.15, 0.2) is 40.8 Å². The second kappa shape index (κ2) is 7.47. The number of ether oxygens (including phenoxy) is 2. The monoisotopic (exact) mass is 382 g/mol. The Balaban J connectivity index is 1.62. The second-order valence-electron chi connectivity index (χ2n) is 6.67. The molecule has 146 valence electrons. The van der Waals surface area contributed by atoms with Crippen molar-refractivity contribution in [3.63, 3.8) is 0 Å². The van der Waals surface area contributed by atoms with Gasteiger partial charge in [0.2, 0.25) is 0 Å². The van der Waals surface area contributed by atoms with Crippen LogP contribution >= 0.6 is 0 Å². The van der Waals surface area contributed by atoms with Crippen molar-refractivity contribution in [2.75, 3.05) is 26.9 Å². The van der Waals surface area contributed by atoms with E-state index in [0.717, 1.165) is 17.2 Å². The molecule has 3 aromatic rings. The highest BCUT2D eigenvalue weighted by Gasteiger charge is 2.33. The Labute approximate surface area is 162 Å². The molecular formula is C20H22N4O4. The number of hydrogen-bond acceptors (Lipinski definition) is 6. The lowest BCUT2D eigenvalue weighted by Crippen LogP contribution is -2.43. The SMILES string of the molecule is COc1ccc(-n2nnc(C(=O)N3CCOCC3c3ccc(C)o3)c2C)cc1. The van der Waals surface area contributed by atoms with Crippen molar-refractivity contribution in [3.8, 4) is 11.4 Å². The zero-order chi connectivity index (χ0) is 19.7. The van der Waals surface area contributed by atoms with Crippen LogP contribution in [0.4, 0.5) is 0 Å². The van der Waals surface area contributed by atoms with Gasteiger partial charge in [0.1, 0.15) is 23.3 Å². The molecule has 1 aliphatic rings. The average Bonchev–Trinajstić information content (AvgIpc) is 3.33. The molecule has 0 aliphatic carbocycles. The molecule has 1 unspecified atom stereocenters. The molecule has 0 saturated carbocycles. The lowest BCUT2D eigenvalue weighted by molar-refractivity contribution is -0.00929. The number of aromatic nitrogens is 3. The van der Waals surface area contributed by atoms with E-state index >= 15 is 0 Å². The van der Waals surface area contributed by atoms with Crippen LogP contribution in [0.5, 0.6) is 5.75 Å². The molecule has 0 radical (unpaired) electrons. The Morgan fingerprint density at radius 3 is 2.64 bits per heavy atom. The molecule has 1 fully saturated rings. The second-order valence-corrected chi connectivity index (χ2v) is 6.67. The van der Waals surface area contributed by atoms with Gasteiger partial charge >= 0.3 is 0 Å². The van der Waals surface area contributed by atoms with Crippen molar-refractivity contribution in [2.24, 2.45) is 0 Å². The predicted octanol–water partition coefficient (Wildman–Crippen LogP) is 2.70. The first-order chi connectivity index (χ1) is 13.6. The topological polar surface area (TPSA) is 82.6 Å². The molecule has 8 nitrogen and oxygen atoms in total. The molecular weight excluding hydrogens is 360 g/mol. The number of furan rings is 1. The number of nitrogens with zero attached hydrogens (tertiary/aromatic N) is 4. The van der Waals surface area contributed by atoms with Gasteiger partial charge in [0, 0.05) is 6.54 Å². The molecule has 8 heteroatoms. The van der Waals surface area contributed by atoms with Gasteiger partial charge in [0.15, 0.2) is 5.69 Å². The highest BCUT2D eigenvalue weighted by molar-refractivity contribution is 5.93. The number of carbonyl (C=O) groups is 1. The predicted molar refractivity (Wildman–Crippen MR) is 101 cm³/mol. The highest BCUT2D eigenvalue weighted by Crippen LogP contribution is 2.28. The molecule has 1 atom stereocenters. The van der Waals surface area contributed by atoms with Gasteiger partial charge in [-0.2, -0.15) is 0 Å². The summed E-state index contributed by atoms with van der Waals surface area (Å²) in [6.07, 6.45) is 0. The van der Waals surface area contributed by atoms with E-state index in [1.165, 1.54) is 0 Å². The first-order valence-corrected chi connectivity index (χ1v) is 9.10. The van der Waals surface area contributed by atoms with Gasteiger partial charge in [0.05, 0.1) is 31.7 Å². The number of hydrogen-bond donors (Lipinski definition) is 0. The first kappa shape index (κ1) is 18.2. The third kappa shape index (κ3) is 3.27. The molecule has 1 aliphatic heterocycles. The van der Waals surface area contributed by atoms with Crippen molar-refractivity contribution < 1.29 is 18.7 Å². The van der Waals surface area contributed by atoms with Gasteiger partial charge in [-0.05, 0) is 50.2 Å². The van der Waals surface area contributed by atoms with E-state index < -0.39 is 0 Å². The zero-order valence-corrected chi connectivity index (χ0v) is 16.1. The van der Waals surface area contributed by atoms with Crippen LogP contribution in [0.3, 0.4) is 0 Å². The smallest absolute Gasteiger partial charge is 0.277 e. The number of morpholine rings is 1. The summed E-state index contributed by atoms with van der Waals surface area (Å²) in [6, 6.07) is 10.9. The molecule has 4 rings (SSSR count). The van der Waals surface area contributed by atoms with E-state index in [1.54, 1.807) is 16.7 Å². The van der Waals surface area contributed by atoms with Gasteiger partial charge in [-0.3, -0.25) is 4.79 Å². The van der Waals surface area contributed by atoms with Crippen LogP contribution in [0.1, 0.15) is 33.7 Å². The lowest BCUT2D eigenvalue weighted by Gasteiger charge is -2.34. The van der Waals surface area contributed by atoms with Crippen LogP contribution in [-0.2, 0) is 4.74 Å². The highest BCUT2D eigenvalue weighted by atomic mass is 16.5. The van der Waals surface area contributed by atoms with Crippen LogP contribution in [-0.4, -0.2) is 52.7 Å². The number of rotatable bonds is 4. The number of amides is 1. The third-order valence-electron chi connectivity index (χ3n) is 4.89. The third-order valence-corrected chi connectivity index (χ3v) is 4.89. The summed E-state index contributed by atoms with van der Waals surface area (Å²) in [5, 5.41) is 8.35. The molecule has 0 bridgehead atoms. The number of benzene rings is 1. The van der Waals surface area contributed by atoms with E-state index in [1.807, 2.05) is 50.2 Å². The van der Waals surface area contributed by atoms with E-state index in [2.05, 4.69) is 10.3 Å². The molecule has 1 amide bonds. The van der Waals surface area contributed by atoms with Crippen molar-refractivity contribution in [2.45, 2.75) is 19.9 Å². The average molecular weight is 382 g/mol. The molecule has 1 aromatic carbocycles. The standard InChI is InChI=1S/C20H22N4O4/c1-13-4-9-18(28-13)17-12-27-11-10-23(17)20(25)19-14(2)24(22-21-19)15-5-7-16(26-3)8-6-15/h4-9,17H,10-12H2,1-3H3. The summed E-state index contributed by atoms with van der Waals surface area (Å²) in [7, 11) is 1.62. The van der Waals surface area contributed by atoms with Crippen LogP contribution < -0.4 is 4.74 Å². The number of carbonyl (C=O) groups excluding carboxylic acids is 1. The summed E-state index contributed by atoms with van der Waals surface area (Å²) < 4.78 is 18.2. The van der Waals surface area contributed by atoms with Crippen LogP contribution in [0.25, 0.3) is 5.69 Å². The summed E-state index contributed by atoms with van der Waals surface area (Å²) in [6.45, 7) is 5.06. The molecule has 0 N–H and O–H groups in total. The number of aryl methyl sites for hydroxylation is 1. The maximum Gasteiger partial charge on any atom is 0.277 e. The van der Waals surface area contributed by atoms with E-state index in [9.17, 15) is 4.79 Å². The van der Waals surface area contributed by atoms with Gasteiger partial charge < -0.3 is 18.8 Å². The fourth-order valence-electron chi connectivity index (χ4n) is 3.35. The Kier molecular flexibility index (Phi) is 4.87. The Bertz CT molecular complexity index is 977. The largest absolute Gasteiger partial charge is 0.497 e. The first-order valence-electron chi connectivity index (χ1n) is 9.10. The van der Waals surface area contributed by atoms with Crippen molar-refractivity contribution in [3.05, 3.63) is 59.3 Å². The Hall–Kier alpha value is -3.13. The van der Waals surface area contributed by atoms with Crippen molar-refractivity contribution in [1.29, 1.82) is 0 Å². The van der Waals surface area contributed by atoms with Crippen LogP contribution in [0.2, 0.25) is 0 Å².